The zero-order valence-corrected chi connectivity index (χ0v) is 52.0. The van der Waals surface area contributed by atoms with Crippen molar-refractivity contribution in [2.24, 2.45) is 35.1 Å². The van der Waals surface area contributed by atoms with Crippen molar-refractivity contribution in [1.82, 2.24) is 57.9 Å². The fraction of sp³-hybridized carbons (Fsp3) is 0.651. The molecule has 2 aromatic carbocycles. The molecule has 5 aliphatic rings. The second-order valence-electron chi connectivity index (χ2n) is 25.8. The van der Waals surface area contributed by atoms with Gasteiger partial charge in [0, 0.05) is 24.6 Å². The Balaban J connectivity index is 1.26. The van der Waals surface area contributed by atoms with E-state index in [9.17, 15) is 47.9 Å². The first-order valence-corrected chi connectivity index (χ1v) is 31.6. The first-order chi connectivity index (χ1) is 41.5. The molecule has 24 heteroatoms. The van der Waals surface area contributed by atoms with Gasteiger partial charge in [-0.1, -0.05) is 104 Å². The first-order valence-electron chi connectivity index (χ1n) is 31.6. The highest BCUT2D eigenvalue weighted by atomic mass is 16.2. The van der Waals surface area contributed by atoms with Crippen LogP contribution in [0, 0.1) is 23.7 Å². The van der Waals surface area contributed by atoms with Gasteiger partial charge < -0.3 is 63.8 Å². The van der Waals surface area contributed by atoms with Crippen LogP contribution in [0.25, 0.3) is 0 Å². The highest BCUT2D eigenvalue weighted by molar-refractivity contribution is 6.00. The van der Waals surface area contributed by atoms with Gasteiger partial charge in [-0.2, -0.15) is 0 Å². The van der Waals surface area contributed by atoms with Crippen LogP contribution in [0.4, 0.5) is 5.69 Å². The normalized spacial score (nSPS) is 29.2. The molecule has 5 heterocycles. The molecule has 13 atom stereocenters. The molecule has 478 valence electrons. The van der Waals surface area contributed by atoms with Crippen LogP contribution in [-0.2, 0) is 54.4 Å². The molecule has 24 nitrogen and oxygen atoms in total. The number of amides is 10. The molecule has 5 aliphatic heterocycles. The molecule has 4 fully saturated rings. The van der Waals surface area contributed by atoms with Gasteiger partial charge >= 0.3 is 0 Å². The number of nitrogens with zero attached hydrogens (tertiary/aromatic N) is 2. The van der Waals surface area contributed by atoms with Crippen molar-refractivity contribution in [3.05, 3.63) is 65.7 Å². The van der Waals surface area contributed by atoms with Crippen molar-refractivity contribution in [3.8, 4) is 0 Å². The van der Waals surface area contributed by atoms with Crippen LogP contribution >= 0.6 is 0 Å². The predicted molar refractivity (Wildman–Crippen MR) is 328 cm³/mol. The van der Waals surface area contributed by atoms with E-state index in [-0.39, 0.29) is 81.7 Å². The van der Waals surface area contributed by atoms with Gasteiger partial charge in [-0.15, -0.1) is 0 Å². The Labute approximate surface area is 511 Å². The van der Waals surface area contributed by atoms with Gasteiger partial charge in [0.1, 0.15) is 60.4 Å². The lowest BCUT2D eigenvalue weighted by molar-refractivity contribution is -0.144. The Bertz CT molecular complexity index is 2760. The van der Waals surface area contributed by atoms with Gasteiger partial charge in [0.25, 0.3) is 5.91 Å². The number of nitrogens with two attached hydrogens (primary N) is 2. The number of piperidine rings is 1. The number of unbranched alkanes of at least 4 members (excludes halogenated alkanes) is 2. The van der Waals surface area contributed by atoms with Crippen molar-refractivity contribution in [2.75, 3.05) is 25.0 Å². The van der Waals surface area contributed by atoms with E-state index < -0.39 is 137 Å². The van der Waals surface area contributed by atoms with Gasteiger partial charge in [-0.3, -0.25) is 53.4 Å². The number of hydrazine groups is 1. The van der Waals surface area contributed by atoms with Gasteiger partial charge in [0.05, 0.1) is 12.1 Å². The number of nitrogens with one attached hydrogen (secondary N) is 10. The largest absolute Gasteiger partial charge is 0.379 e. The second-order valence-corrected chi connectivity index (χ2v) is 25.8. The fourth-order valence-corrected chi connectivity index (χ4v) is 12.9. The zero-order chi connectivity index (χ0) is 63.2. The van der Waals surface area contributed by atoms with Crippen LogP contribution < -0.4 is 64.9 Å². The van der Waals surface area contributed by atoms with Gasteiger partial charge in [-0.25, -0.2) is 5.43 Å². The van der Waals surface area contributed by atoms with Gasteiger partial charge in [-0.05, 0) is 131 Å². The Morgan fingerprint density at radius 1 is 0.506 bits per heavy atom. The summed E-state index contributed by atoms with van der Waals surface area (Å²) in [6.45, 7) is 15.3. The third-order valence-electron chi connectivity index (χ3n) is 17.5. The van der Waals surface area contributed by atoms with Gasteiger partial charge in [0.2, 0.25) is 53.2 Å². The summed E-state index contributed by atoms with van der Waals surface area (Å²) in [4.78, 5) is 150. The maximum absolute atomic E-state index is 15.0. The number of para-hydroxylation sites is 1. The van der Waals surface area contributed by atoms with Crippen molar-refractivity contribution < 1.29 is 47.9 Å². The number of carbonyl (C=O) groups is 10. The lowest BCUT2D eigenvalue weighted by Crippen LogP contribution is -2.64. The van der Waals surface area contributed by atoms with Crippen molar-refractivity contribution in [1.29, 1.82) is 0 Å². The molecule has 7 rings (SSSR count). The average Bonchev–Trinajstić information content (AvgIpc) is 2.11. The molecule has 0 aromatic heterocycles. The number of hydrogen-bond acceptors (Lipinski definition) is 14. The summed E-state index contributed by atoms with van der Waals surface area (Å²) >= 11 is 0. The van der Waals surface area contributed by atoms with Crippen LogP contribution in [0.3, 0.4) is 0 Å². The molecule has 0 spiro atoms. The van der Waals surface area contributed by atoms with E-state index in [2.05, 4.69) is 53.4 Å². The smallest absolute Gasteiger partial charge is 0.256 e. The third kappa shape index (κ3) is 17.1. The molecule has 87 heavy (non-hydrogen) atoms. The maximum atomic E-state index is 15.0. The maximum Gasteiger partial charge on any atom is 0.256 e. The number of fused-ring (bicyclic) bond motifs is 6. The summed E-state index contributed by atoms with van der Waals surface area (Å²) < 4.78 is 0. The molecule has 0 aliphatic carbocycles. The molecule has 0 saturated carbocycles. The molecule has 10 amide bonds. The first kappa shape index (κ1) is 67.3. The van der Waals surface area contributed by atoms with E-state index in [0.29, 0.717) is 50.8 Å². The van der Waals surface area contributed by atoms with E-state index >= 15 is 0 Å². The standard InChI is InChI=1S/C63H96N14O10/c1-34(2)29-44-56(80)71-46(31-38-19-10-9-11-20-38)62(86)76-28-18-25-48(76)58(82)73-51(36(5)6)60(84)67-42(23-14-16-26-64)54(78)70-45(30-35(3)4)57(81)72-47-33-49-53-40(39-21-12-13-22-41(39)66-53)32-50(77(49)63(47)87)59(83)75-74-52(37(7)8)61(85)68-43(55(79)69-44)24-15-17-27-65/h9-13,19-22,34-37,40,42-53,66,74H,14-18,23-33,64-65H2,1-8H3,(H,67,84)(H,68,85)(H,69,79)(H,70,78)(H,71,80)(H,72,81)(H,73,82)(H,75,83)/t40?,42-,43-,44-,45-,46+,47-,48-,49+,50-,51-,52-,53?/m0/s1. The van der Waals surface area contributed by atoms with E-state index in [1.54, 1.807) is 39.8 Å². The minimum absolute atomic E-state index is 0.0311. The molecule has 0 radical (unpaired) electrons. The number of benzene rings is 2. The summed E-state index contributed by atoms with van der Waals surface area (Å²) in [5.41, 5.74) is 20.0. The van der Waals surface area contributed by atoms with E-state index in [1.807, 2.05) is 70.2 Å². The molecule has 14 N–H and O–H groups in total. The highest BCUT2D eigenvalue weighted by Crippen LogP contribution is 2.48. The molecule has 2 unspecified atom stereocenters. The zero-order valence-electron chi connectivity index (χ0n) is 52.0. The fourth-order valence-electron chi connectivity index (χ4n) is 12.9. The Morgan fingerprint density at radius 2 is 1.03 bits per heavy atom. The lowest BCUT2D eigenvalue weighted by Gasteiger charge is -2.43. The van der Waals surface area contributed by atoms with Crippen LogP contribution in [0.1, 0.15) is 149 Å². The van der Waals surface area contributed by atoms with Crippen LogP contribution in [-0.4, -0.2) is 161 Å². The Morgan fingerprint density at radius 3 is 1.61 bits per heavy atom. The van der Waals surface area contributed by atoms with Crippen LogP contribution in [0.5, 0.6) is 0 Å². The monoisotopic (exact) mass is 1210 g/mol. The van der Waals surface area contributed by atoms with E-state index in [4.69, 9.17) is 11.5 Å². The van der Waals surface area contributed by atoms with Crippen molar-refractivity contribution >= 4 is 64.8 Å². The third-order valence-corrected chi connectivity index (χ3v) is 17.5. The lowest BCUT2D eigenvalue weighted by atomic mass is 9.80. The van der Waals surface area contributed by atoms with E-state index in [1.165, 1.54) is 9.80 Å². The van der Waals surface area contributed by atoms with Crippen LogP contribution in [0.15, 0.2) is 54.6 Å². The Kier molecular flexibility index (Phi) is 24.1. The predicted octanol–water partition coefficient (Wildman–Crippen LogP) is 1.23. The molecular weight excluding hydrogens is 1110 g/mol. The minimum Gasteiger partial charge on any atom is -0.379 e. The Hall–Kier alpha value is -7.18. The highest BCUT2D eigenvalue weighted by Gasteiger charge is 2.57. The molecule has 2 bridgehead atoms. The minimum atomic E-state index is -1.21. The quantitative estimate of drug-likeness (QED) is 0.105. The molecular formula is C63H96N14O10. The van der Waals surface area contributed by atoms with Crippen LogP contribution in [0.2, 0.25) is 0 Å². The van der Waals surface area contributed by atoms with E-state index in [0.717, 1.165) is 11.3 Å². The summed E-state index contributed by atoms with van der Waals surface area (Å²) in [5.74, 6) is -7.65. The SMILES string of the molecule is CC(C)C[C@@H]1NC(=O)[C@H](CCCCN)NC(=O)[C@H](C(C)C)NC(=O)[C@@H]2CCCN2C(=O)[C@@H](Cc2ccccc2)NC(=O)[C@H](CC(C)C)NC(=O)[C@H](CCCCN)NC(=O)[C@H](C(C)C)NNC(=O)[C@@H]2CC3c4ccccc4NC3[C@H]3C[C@H](NC1=O)C(=O)N32. The molecule has 4 saturated heterocycles. The summed E-state index contributed by atoms with van der Waals surface area (Å²) in [5, 5.41) is 23.9. The van der Waals surface area contributed by atoms with Crippen molar-refractivity contribution in [3.63, 3.8) is 0 Å². The number of hydrogen-bond donors (Lipinski definition) is 12. The summed E-state index contributed by atoms with van der Waals surface area (Å²) in [7, 11) is 0. The topological polar surface area (TPSA) is 350 Å². The number of carbonyl (C=O) groups excluding carboxylic acids is 10. The van der Waals surface area contributed by atoms with Gasteiger partial charge in [0.15, 0.2) is 0 Å². The average molecular weight is 1210 g/mol. The number of rotatable bonds is 16. The summed E-state index contributed by atoms with van der Waals surface area (Å²) in [6.07, 6.45) is 3.53. The summed E-state index contributed by atoms with van der Waals surface area (Å²) in [6, 6.07) is 4.43. The number of anilines is 1. The molecule has 2 aromatic rings. The second kappa shape index (κ2) is 31.1. The van der Waals surface area contributed by atoms with Crippen molar-refractivity contribution in [2.45, 2.75) is 217 Å².